The van der Waals surface area contributed by atoms with Crippen molar-refractivity contribution in [2.24, 2.45) is 0 Å². The van der Waals surface area contributed by atoms with E-state index in [1.165, 1.54) is 0 Å². The summed E-state index contributed by atoms with van der Waals surface area (Å²) in [4.78, 5) is 0.731. The fourth-order valence-corrected chi connectivity index (χ4v) is 4.56. The van der Waals surface area contributed by atoms with Crippen LogP contribution in [0.25, 0.3) is 10.6 Å². The monoisotopic (exact) mass is 348 g/mol. The highest BCUT2D eigenvalue weighted by Gasteiger charge is 2.19. The maximum atomic E-state index is 12.6. The fourth-order valence-electron chi connectivity index (χ4n) is 2.20. The van der Waals surface area contributed by atoms with Gasteiger partial charge in [0.05, 0.1) is 16.3 Å². The van der Waals surface area contributed by atoms with E-state index in [9.17, 15) is 8.42 Å². The topological polar surface area (TPSA) is 72.2 Å². The third-order valence-corrected chi connectivity index (χ3v) is 6.32. The van der Waals surface area contributed by atoms with Gasteiger partial charge in [-0.05, 0) is 37.1 Å². The zero-order valence-corrected chi connectivity index (χ0v) is 14.4. The second-order valence-electron chi connectivity index (χ2n) is 5.07. The Morgan fingerprint density at radius 2 is 2.00 bits per heavy atom. The van der Waals surface area contributed by atoms with Gasteiger partial charge in [0.2, 0.25) is 0 Å². The molecule has 23 heavy (non-hydrogen) atoms. The second-order valence-corrected chi connectivity index (χ2v) is 8.06. The predicted octanol–water partition coefficient (Wildman–Crippen LogP) is 4.07. The van der Waals surface area contributed by atoms with Gasteiger partial charge in [0, 0.05) is 6.07 Å². The number of rotatable bonds is 5. The molecule has 2 heterocycles. The molecule has 1 aromatic carbocycles. The molecule has 0 aliphatic rings. The first kappa shape index (κ1) is 15.8. The lowest BCUT2D eigenvalue weighted by molar-refractivity contribution is 0.428. The van der Waals surface area contributed by atoms with E-state index in [1.807, 2.05) is 32.0 Å². The summed E-state index contributed by atoms with van der Waals surface area (Å²) in [6.07, 6.45) is 0.756. The number of nitrogens with zero attached hydrogens (tertiary/aromatic N) is 1. The van der Waals surface area contributed by atoms with Crippen LogP contribution in [0.15, 0.2) is 51.2 Å². The molecule has 0 spiro atoms. The highest BCUT2D eigenvalue weighted by atomic mass is 32.2. The molecule has 0 saturated carbocycles. The molecule has 3 aromatic rings. The Morgan fingerprint density at radius 3 is 2.70 bits per heavy atom. The molecule has 0 bridgehead atoms. The predicted molar refractivity (Wildman–Crippen MR) is 91.2 cm³/mol. The molecule has 0 atom stereocenters. The van der Waals surface area contributed by atoms with Gasteiger partial charge in [-0.25, -0.2) is 8.42 Å². The molecule has 120 valence electrons. The van der Waals surface area contributed by atoms with Crippen LogP contribution in [-0.4, -0.2) is 13.6 Å². The number of benzene rings is 1. The first-order valence-electron chi connectivity index (χ1n) is 7.14. The molecule has 7 heteroatoms. The van der Waals surface area contributed by atoms with Gasteiger partial charge < -0.3 is 4.52 Å². The standard InChI is InChI=1S/C16H16N2O3S2/c1-3-12-6-4-5-7-13(12)18-23(19,20)16-9-8-15(22-16)14-10-11(2)17-21-14/h4-10,18H,3H2,1-2H3. The molecule has 0 unspecified atom stereocenters. The van der Waals surface area contributed by atoms with Gasteiger partial charge in [0.1, 0.15) is 4.21 Å². The number of para-hydroxylation sites is 1. The number of anilines is 1. The van der Waals surface area contributed by atoms with Gasteiger partial charge >= 0.3 is 0 Å². The average molecular weight is 348 g/mol. The van der Waals surface area contributed by atoms with Gasteiger partial charge in [-0.15, -0.1) is 11.3 Å². The number of thiophene rings is 1. The lowest BCUT2D eigenvalue weighted by atomic mass is 10.1. The Labute approximate surface area is 139 Å². The summed E-state index contributed by atoms with van der Waals surface area (Å²) in [6, 6.07) is 12.5. The van der Waals surface area contributed by atoms with Gasteiger partial charge in [-0.2, -0.15) is 0 Å². The SMILES string of the molecule is CCc1ccccc1NS(=O)(=O)c1ccc(-c2cc(C)no2)s1. The Kier molecular flexibility index (Phi) is 4.23. The normalized spacial score (nSPS) is 11.6. The van der Waals surface area contributed by atoms with Crippen LogP contribution in [0.4, 0.5) is 5.69 Å². The van der Waals surface area contributed by atoms with Gasteiger partial charge in [0.25, 0.3) is 10.0 Å². The van der Waals surface area contributed by atoms with E-state index in [2.05, 4.69) is 9.88 Å². The van der Waals surface area contributed by atoms with Crippen LogP contribution in [0.5, 0.6) is 0 Å². The highest BCUT2D eigenvalue weighted by Crippen LogP contribution is 2.32. The van der Waals surface area contributed by atoms with Crippen LogP contribution in [0.2, 0.25) is 0 Å². The minimum absolute atomic E-state index is 0.243. The lowest BCUT2D eigenvalue weighted by Crippen LogP contribution is -2.12. The summed E-state index contributed by atoms with van der Waals surface area (Å²) in [7, 11) is -3.62. The first-order valence-corrected chi connectivity index (χ1v) is 9.44. The number of sulfonamides is 1. The number of aromatic nitrogens is 1. The second kappa shape index (κ2) is 6.17. The van der Waals surface area contributed by atoms with E-state index in [-0.39, 0.29) is 4.21 Å². The van der Waals surface area contributed by atoms with E-state index >= 15 is 0 Å². The van der Waals surface area contributed by atoms with Crippen LogP contribution in [-0.2, 0) is 16.4 Å². The van der Waals surface area contributed by atoms with Gasteiger partial charge in [0.15, 0.2) is 5.76 Å². The van der Waals surface area contributed by atoms with Crippen molar-refractivity contribution in [2.45, 2.75) is 24.5 Å². The summed E-state index contributed by atoms with van der Waals surface area (Å²) < 4.78 is 33.2. The van der Waals surface area contributed by atoms with Crippen LogP contribution in [0, 0.1) is 6.92 Å². The number of hydrogen-bond donors (Lipinski definition) is 1. The quantitative estimate of drug-likeness (QED) is 0.754. The van der Waals surface area contributed by atoms with E-state index < -0.39 is 10.0 Å². The lowest BCUT2D eigenvalue weighted by Gasteiger charge is -2.10. The van der Waals surface area contributed by atoms with Crippen LogP contribution in [0.3, 0.4) is 0 Å². The molecule has 5 nitrogen and oxygen atoms in total. The van der Waals surface area contributed by atoms with Gasteiger partial charge in [-0.3, -0.25) is 4.72 Å². The molecule has 0 amide bonds. The summed E-state index contributed by atoms with van der Waals surface area (Å²) >= 11 is 1.15. The van der Waals surface area contributed by atoms with E-state index in [1.54, 1.807) is 24.3 Å². The molecule has 0 radical (unpaired) electrons. The van der Waals surface area contributed by atoms with Crippen molar-refractivity contribution in [1.29, 1.82) is 0 Å². The fraction of sp³-hybridized carbons (Fsp3) is 0.188. The van der Waals surface area contributed by atoms with Crippen molar-refractivity contribution < 1.29 is 12.9 Å². The molecule has 2 aromatic heterocycles. The zero-order chi connectivity index (χ0) is 16.4. The molecule has 3 rings (SSSR count). The number of aryl methyl sites for hydroxylation is 2. The van der Waals surface area contributed by atoms with Crippen molar-refractivity contribution in [2.75, 3.05) is 4.72 Å². The molecule has 1 N–H and O–H groups in total. The molecular weight excluding hydrogens is 332 g/mol. The van der Waals surface area contributed by atoms with Crippen LogP contribution >= 0.6 is 11.3 Å². The summed E-state index contributed by atoms with van der Waals surface area (Å²) in [5, 5.41) is 3.82. The highest BCUT2D eigenvalue weighted by molar-refractivity contribution is 7.94. The third-order valence-electron chi connectivity index (χ3n) is 3.36. The molecule has 0 fully saturated rings. The Hall–Kier alpha value is -2.12. The van der Waals surface area contributed by atoms with Crippen molar-refractivity contribution in [3.8, 4) is 10.6 Å². The zero-order valence-electron chi connectivity index (χ0n) is 12.7. The minimum atomic E-state index is -3.62. The maximum absolute atomic E-state index is 12.6. The van der Waals surface area contributed by atoms with E-state index in [0.717, 1.165) is 33.9 Å². The Bertz CT molecular complexity index is 926. The average Bonchev–Trinajstić information content (AvgIpc) is 3.16. The number of nitrogens with one attached hydrogen (secondary N) is 1. The van der Waals surface area contributed by atoms with Crippen molar-refractivity contribution in [1.82, 2.24) is 5.16 Å². The molecule has 0 aliphatic heterocycles. The first-order chi connectivity index (χ1) is 11.0. The molecule has 0 saturated heterocycles. The number of hydrogen-bond acceptors (Lipinski definition) is 5. The van der Waals surface area contributed by atoms with Crippen LogP contribution < -0.4 is 4.72 Å². The maximum Gasteiger partial charge on any atom is 0.271 e. The largest absolute Gasteiger partial charge is 0.355 e. The van der Waals surface area contributed by atoms with Crippen molar-refractivity contribution >= 4 is 27.0 Å². The van der Waals surface area contributed by atoms with Crippen molar-refractivity contribution in [3.63, 3.8) is 0 Å². The molecular formula is C16H16N2O3S2. The Balaban J connectivity index is 1.90. The summed E-state index contributed by atoms with van der Waals surface area (Å²) in [6.45, 7) is 3.81. The van der Waals surface area contributed by atoms with Gasteiger partial charge in [-0.1, -0.05) is 30.3 Å². The van der Waals surface area contributed by atoms with E-state index in [0.29, 0.717) is 11.4 Å². The minimum Gasteiger partial charge on any atom is -0.355 e. The smallest absolute Gasteiger partial charge is 0.271 e. The van der Waals surface area contributed by atoms with E-state index in [4.69, 9.17) is 4.52 Å². The van der Waals surface area contributed by atoms with Crippen LogP contribution in [0.1, 0.15) is 18.2 Å². The van der Waals surface area contributed by atoms with Crippen molar-refractivity contribution in [3.05, 3.63) is 53.7 Å². The summed E-state index contributed by atoms with van der Waals surface area (Å²) in [5.74, 6) is 0.572. The third kappa shape index (κ3) is 3.30. The summed E-state index contributed by atoms with van der Waals surface area (Å²) in [5.41, 5.74) is 2.33. The Morgan fingerprint density at radius 1 is 1.22 bits per heavy atom. The molecule has 0 aliphatic carbocycles.